The van der Waals surface area contributed by atoms with Crippen LogP contribution < -0.4 is 10.9 Å². The van der Waals surface area contributed by atoms with Crippen LogP contribution in [0.15, 0.2) is 27.3 Å². The van der Waals surface area contributed by atoms with Crippen LogP contribution in [0.4, 0.5) is 9.93 Å². The Morgan fingerprint density at radius 3 is 2.89 bits per heavy atom. The van der Waals surface area contributed by atoms with Gasteiger partial charge in [-0.15, -0.1) is 10.2 Å². The largest absolute Gasteiger partial charge is 0.465 e. The molecule has 146 valence electrons. The van der Waals surface area contributed by atoms with E-state index in [9.17, 15) is 14.4 Å². The molecule has 10 nitrogen and oxygen atoms in total. The highest BCUT2D eigenvalue weighted by atomic mass is 32.2. The molecule has 1 aromatic carbocycles. The fourth-order valence-corrected chi connectivity index (χ4v) is 3.81. The first-order valence-electron chi connectivity index (χ1n) is 8.01. The summed E-state index contributed by atoms with van der Waals surface area (Å²) in [5, 5.41) is 11.0. The van der Waals surface area contributed by atoms with E-state index in [-0.39, 0.29) is 12.2 Å². The summed E-state index contributed by atoms with van der Waals surface area (Å²) in [7, 11) is 1.28. The molecule has 0 saturated heterocycles. The molecule has 0 unspecified atom stereocenters. The summed E-state index contributed by atoms with van der Waals surface area (Å²) in [6.45, 7) is 1.96. The number of nitrogens with zero attached hydrogens (tertiary/aromatic N) is 3. The lowest BCUT2D eigenvalue weighted by Crippen LogP contribution is -2.12. The Balaban J connectivity index is 1.74. The second-order valence-electron chi connectivity index (χ2n) is 5.24. The van der Waals surface area contributed by atoms with Gasteiger partial charge >= 0.3 is 12.1 Å². The molecule has 3 aromatic rings. The Bertz CT molecular complexity index is 1080. The highest BCUT2D eigenvalue weighted by Crippen LogP contribution is 2.27. The number of carbonyl (C=O) groups excluding carboxylic acids is 2. The van der Waals surface area contributed by atoms with Gasteiger partial charge in [0, 0.05) is 0 Å². The van der Waals surface area contributed by atoms with E-state index in [1.54, 1.807) is 6.92 Å². The molecule has 2 heterocycles. The molecule has 0 aliphatic rings. The standard InChI is InChI=1S/C16H15N5O5S2/c1-3-26-15(24)19-14-20-21-16(28-14)27-7-11-17-10-6-8(13(23)25-2)4-5-9(10)12(22)18-11/h4-6H,3,7H2,1-2H3,(H,17,18,22)(H,19,20,24). The van der Waals surface area contributed by atoms with E-state index in [1.807, 2.05) is 0 Å². The number of aromatic amines is 1. The Labute approximate surface area is 166 Å². The third-order valence-corrected chi connectivity index (χ3v) is 5.38. The van der Waals surface area contributed by atoms with E-state index >= 15 is 0 Å². The van der Waals surface area contributed by atoms with Crippen molar-refractivity contribution in [3.8, 4) is 0 Å². The minimum Gasteiger partial charge on any atom is -0.465 e. The molecule has 0 bridgehead atoms. The van der Waals surface area contributed by atoms with Gasteiger partial charge in [-0.1, -0.05) is 23.1 Å². The molecular formula is C16H15N5O5S2. The molecule has 0 spiro atoms. The van der Waals surface area contributed by atoms with Crippen LogP contribution in [-0.2, 0) is 15.2 Å². The number of carbonyl (C=O) groups is 2. The number of H-pyrrole nitrogens is 1. The molecule has 2 aromatic heterocycles. The highest BCUT2D eigenvalue weighted by Gasteiger charge is 2.12. The molecule has 3 rings (SSSR count). The number of fused-ring (bicyclic) bond motifs is 1. The van der Waals surface area contributed by atoms with Gasteiger partial charge in [-0.05, 0) is 25.1 Å². The Kier molecular flexibility index (Phi) is 6.21. The minimum absolute atomic E-state index is 0.255. The average Bonchev–Trinajstić information content (AvgIpc) is 3.12. The maximum atomic E-state index is 12.2. The topological polar surface area (TPSA) is 136 Å². The number of thioether (sulfide) groups is 1. The minimum atomic E-state index is -0.600. The fraction of sp³-hybridized carbons (Fsp3) is 0.250. The zero-order valence-corrected chi connectivity index (χ0v) is 16.5. The summed E-state index contributed by atoms with van der Waals surface area (Å²) in [5.74, 6) is 0.233. The van der Waals surface area contributed by atoms with Gasteiger partial charge in [0.25, 0.3) is 5.56 Å². The molecule has 0 saturated carbocycles. The lowest BCUT2D eigenvalue weighted by molar-refractivity contribution is 0.0601. The average molecular weight is 421 g/mol. The Morgan fingerprint density at radius 2 is 2.14 bits per heavy atom. The smallest absolute Gasteiger partial charge is 0.413 e. The van der Waals surface area contributed by atoms with Crippen LogP contribution in [0.3, 0.4) is 0 Å². The number of ether oxygens (including phenoxy) is 2. The highest BCUT2D eigenvalue weighted by molar-refractivity contribution is 8.00. The van der Waals surface area contributed by atoms with E-state index in [0.29, 0.717) is 37.5 Å². The summed E-state index contributed by atoms with van der Waals surface area (Å²) in [5.41, 5.74) is 0.397. The molecule has 0 atom stereocenters. The zero-order valence-electron chi connectivity index (χ0n) is 14.8. The number of anilines is 1. The van der Waals surface area contributed by atoms with Crippen molar-refractivity contribution in [3.63, 3.8) is 0 Å². The molecule has 0 radical (unpaired) electrons. The van der Waals surface area contributed by atoms with E-state index in [2.05, 4.69) is 30.2 Å². The van der Waals surface area contributed by atoms with Crippen LogP contribution >= 0.6 is 23.1 Å². The van der Waals surface area contributed by atoms with Crippen molar-refractivity contribution in [1.29, 1.82) is 0 Å². The van der Waals surface area contributed by atoms with Gasteiger partial charge in [0.15, 0.2) is 4.34 Å². The van der Waals surface area contributed by atoms with Crippen LogP contribution in [0.25, 0.3) is 10.9 Å². The first kappa shape index (κ1) is 19.8. The maximum absolute atomic E-state index is 12.2. The number of hydrogen-bond donors (Lipinski definition) is 2. The monoisotopic (exact) mass is 421 g/mol. The van der Waals surface area contributed by atoms with E-state index in [1.165, 1.54) is 48.4 Å². The van der Waals surface area contributed by atoms with E-state index in [0.717, 1.165) is 0 Å². The third-order valence-electron chi connectivity index (χ3n) is 3.40. The van der Waals surface area contributed by atoms with Gasteiger partial charge in [-0.3, -0.25) is 10.1 Å². The SMILES string of the molecule is CCOC(=O)Nc1nnc(SCc2nc3cc(C(=O)OC)ccc3c(=O)[nH]2)s1. The van der Waals surface area contributed by atoms with Crippen LogP contribution in [0, 0.1) is 0 Å². The number of rotatable bonds is 6. The molecule has 28 heavy (non-hydrogen) atoms. The number of nitrogens with one attached hydrogen (secondary N) is 2. The van der Waals surface area contributed by atoms with Crippen molar-refractivity contribution in [2.24, 2.45) is 0 Å². The zero-order chi connectivity index (χ0) is 20.1. The van der Waals surface area contributed by atoms with Crippen LogP contribution in [0.5, 0.6) is 0 Å². The Morgan fingerprint density at radius 1 is 1.32 bits per heavy atom. The fourth-order valence-electron chi connectivity index (χ4n) is 2.20. The number of esters is 1. The number of amides is 1. The lowest BCUT2D eigenvalue weighted by Gasteiger charge is -2.04. The quantitative estimate of drug-likeness (QED) is 0.349. The van der Waals surface area contributed by atoms with Gasteiger partial charge in [0.2, 0.25) is 5.13 Å². The molecule has 0 aliphatic carbocycles. The van der Waals surface area contributed by atoms with Crippen LogP contribution in [0.1, 0.15) is 23.1 Å². The van der Waals surface area contributed by atoms with Gasteiger partial charge in [0.1, 0.15) is 5.82 Å². The van der Waals surface area contributed by atoms with Gasteiger partial charge < -0.3 is 14.5 Å². The summed E-state index contributed by atoms with van der Waals surface area (Å²) in [6.07, 6.45) is -0.600. The number of benzene rings is 1. The normalized spacial score (nSPS) is 10.6. The van der Waals surface area contributed by atoms with Gasteiger partial charge in [-0.25, -0.2) is 14.6 Å². The summed E-state index contributed by atoms with van der Waals surface area (Å²) >= 11 is 2.47. The molecule has 12 heteroatoms. The molecule has 0 fully saturated rings. The van der Waals surface area contributed by atoms with Crippen LogP contribution in [-0.4, -0.2) is 45.9 Å². The third kappa shape index (κ3) is 4.64. The van der Waals surface area contributed by atoms with Crippen molar-refractivity contribution < 1.29 is 19.1 Å². The number of methoxy groups -OCH3 is 1. The van der Waals surface area contributed by atoms with Crippen molar-refractivity contribution >= 4 is 51.2 Å². The van der Waals surface area contributed by atoms with Crippen molar-refractivity contribution in [2.75, 3.05) is 19.0 Å². The molecule has 2 N–H and O–H groups in total. The van der Waals surface area contributed by atoms with Gasteiger partial charge in [0.05, 0.1) is 35.9 Å². The van der Waals surface area contributed by atoms with Crippen molar-refractivity contribution in [1.82, 2.24) is 20.2 Å². The summed E-state index contributed by atoms with van der Waals surface area (Å²) in [4.78, 5) is 42.4. The van der Waals surface area contributed by atoms with Gasteiger partial charge in [-0.2, -0.15) is 0 Å². The summed E-state index contributed by atoms with van der Waals surface area (Å²) < 4.78 is 10.0. The second-order valence-corrected chi connectivity index (χ2v) is 7.44. The maximum Gasteiger partial charge on any atom is 0.413 e. The first-order chi connectivity index (χ1) is 13.5. The predicted molar refractivity (Wildman–Crippen MR) is 104 cm³/mol. The molecular weight excluding hydrogens is 406 g/mol. The number of aromatic nitrogens is 4. The first-order valence-corrected chi connectivity index (χ1v) is 9.81. The predicted octanol–water partition coefficient (Wildman–Crippen LogP) is 2.42. The van der Waals surface area contributed by atoms with E-state index < -0.39 is 12.1 Å². The molecule has 0 aliphatic heterocycles. The van der Waals surface area contributed by atoms with Crippen LogP contribution in [0.2, 0.25) is 0 Å². The summed E-state index contributed by atoms with van der Waals surface area (Å²) in [6, 6.07) is 4.55. The lowest BCUT2D eigenvalue weighted by atomic mass is 10.1. The number of hydrogen-bond acceptors (Lipinski definition) is 10. The van der Waals surface area contributed by atoms with E-state index in [4.69, 9.17) is 4.74 Å². The van der Waals surface area contributed by atoms with Crippen molar-refractivity contribution in [2.45, 2.75) is 17.0 Å². The Hall–Kier alpha value is -2.99. The second kappa shape index (κ2) is 8.80. The van der Waals surface area contributed by atoms with Crippen molar-refractivity contribution in [3.05, 3.63) is 39.9 Å². The molecule has 1 amide bonds.